The molecule has 5 unspecified atom stereocenters. The largest absolute Gasteiger partial charge is 0.457 e. The summed E-state index contributed by atoms with van der Waals surface area (Å²) in [6.07, 6.45) is 16.9. The Morgan fingerprint density at radius 2 is 0.955 bits per heavy atom. The van der Waals surface area contributed by atoms with E-state index in [2.05, 4.69) is 146 Å². The molecule has 2 heterocycles. The van der Waals surface area contributed by atoms with Crippen LogP contribution in [0.25, 0.3) is 44.9 Å². The number of aromatic nitrogens is 2. The van der Waals surface area contributed by atoms with Gasteiger partial charge in [0.2, 0.25) is 0 Å². The normalized spacial score (nSPS) is 35.0. The molecule has 17 rings (SSSR count). The topological polar surface area (TPSA) is 35.0 Å². The Hall–Kier alpha value is -5.80. The third-order valence-electron chi connectivity index (χ3n) is 21.3. The van der Waals surface area contributed by atoms with Crippen LogP contribution in [0.2, 0.25) is 0 Å². The van der Waals surface area contributed by atoms with E-state index in [9.17, 15) is 0 Å². The molecule has 10 atom stereocenters. The van der Waals surface area contributed by atoms with E-state index in [1.807, 2.05) is 0 Å². The molecule has 0 N–H and O–H groups in total. The quantitative estimate of drug-likeness (QED) is 0.173. The summed E-state index contributed by atoms with van der Waals surface area (Å²) < 4.78 is 6.71. The van der Waals surface area contributed by atoms with Gasteiger partial charge in [0, 0.05) is 27.7 Å². The minimum Gasteiger partial charge on any atom is -0.457 e. The van der Waals surface area contributed by atoms with E-state index in [1.54, 1.807) is 5.56 Å². The van der Waals surface area contributed by atoms with E-state index in [0.29, 0.717) is 10.8 Å². The molecule has 8 fully saturated rings. The van der Waals surface area contributed by atoms with Crippen molar-refractivity contribution in [1.29, 1.82) is 0 Å². The third kappa shape index (κ3) is 4.19. The molecule has 1 aliphatic heterocycles. The number of hydrogen-bond acceptors (Lipinski definition) is 3. The van der Waals surface area contributed by atoms with Crippen molar-refractivity contribution in [3.63, 3.8) is 0 Å². The first kappa shape index (κ1) is 36.3. The molecular weight excluding hydrogens is 801 g/mol. The van der Waals surface area contributed by atoms with Gasteiger partial charge in [0.15, 0.2) is 5.82 Å². The first-order chi connectivity index (χ1) is 32.5. The van der Waals surface area contributed by atoms with Gasteiger partial charge in [-0.05, 0) is 186 Å². The van der Waals surface area contributed by atoms with Crippen molar-refractivity contribution in [3.8, 4) is 56.4 Å². The van der Waals surface area contributed by atoms with Crippen LogP contribution < -0.4 is 4.74 Å². The molecule has 322 valence electrons. The van der Waals surface area contributed by atoms with Gasteiger partial charge in [-0.1, -0.05) is 127 Å². The Morgan fingerprint density at radius 3 is 1.68 bits per heavy atom. The van der Waals surface area contributed by atoms with Crippen molar-refractivity contribution >= 4 is 0 Å². The second-order valence-corrected chi connectivity index (χ2v) is 23.7. The minimum absolute atomic E-state index is 0.138. The van der Waals surface area contributed by atoms with E-state index >= 15 is 0 Å². The van der Waals surface area contributed by atoms with E-state index in [4.69, 9.17) is 14.7 Å². The predicted octanol–water partition coefficient (Wildman–Crippen LogP) is 14.9. The Labute approximate surface area is 388 Å². The molecule has 6 aromatic carbocycles. The number of nitrogens with zero attached hydrogens (tertiary/aromatic N) is 2. The Bertz CT molecular complexity index is 3260. The fourth-order valence-electron chi connectivity index (χ4n) is 19.5. The molecule has 3 spiro atoms. The van der Waals surface area contributed by atoms with Crippen LogP contribution in [0, 0.1) is 46.3 Å². The lowest BCUT2D eigenvalue weighted by Crippen LogP contribution is -2.42. The second kappa shape index (κ2) is 12.0. The van der Waals surface area contributed by atoms with Crippen LogP contribution >= 0.6 is 0 Å². The molecule has 8 saturated carbocycles. The molecule has 0 radical (unpaired) electrons. The van der Waals surface area contributed by atoms with Gasteiger partial charge in [-0.2, -0.15) is 0 Å². The van der Waals surface area contributed by atoms with Gasteiger partial charge in [-0.3, -0.25) is 0 Å². The van der Waals surface area contributed by atoms with Crippen LogP contribution in [0.15, 0.2) is 146 Å². The lowest BCUT2D eigenvalue weighted by atomic mass is 9.55. The molecule has 10 aliphatic rings. The first-order valence-corrected chi connectivity index (χ1v) is 25.7. The molecule has 3 nitrogen and oxygen atoms in total. The second-order valence-electron chi connectivity index (χ2n) is 23.7. The lowest BCUT2D eigenvalue weighted by molar-refractivity contribution is -0.000237. The molecule has 1 aromatic heterocycles. The SMILES string of the molecule is c1ccc2c(c1)Oc1ccccc1C21c2ccccc2-c2c(-c3ccccc3-c3nc(-c4ccccc4C45CC6CC7C[C@H](C4)C[C@]76C5)cc(C45CC6C[C@@H]7C[C@H](C4)C[C@@]67C5)n3)cccc21. The van der Waals surface area contributed by atoms with Crippen LogP contribution in [0.3, 0.4) is 0 Å². The first-order valence-electron chi connectivity index (χ1n) is 25.7. The van der Waals surface area contributed by atoms with Crippen LogP contribution in [0.5, 0.6) is 11.5 Å². The minimum atomic E-state index is -0.522. The van der Waals surface area contributed by atoms with Gasteiger partial charge in [-0.15, -0.1) is 0 Å². The van der Waals surface area contributed by atoms with Gasteiger partial charge in [0.05, 0.1) is 16.8 Å². The average Bonchev–Trinajstić information content (AvgIpc) is 3.97. The third-order valence-corrected chi connectivity index (χ3v) is 21.3. The maximum absolute atomic E-state index is 6.71. The lowest BCUT2D eigenvalue weighted by Gasteiger charge is -2.49. The van der Waals surface area contributed by atoms with E-state index in [-0.39, 0.29) is 10.8 Å². The van der Waals surface area contributed by atoms with Crippen molar-refractivity contribution in [2.45, 2.75) is 93.3 Å². The van der Waals surface area contributed by atoms with Gasteiger partial charge in [0.25, 0.3) is 0 Å². The van der Waals surface area contributed by atoms with E-state index in [0.717, 1.165) is 58.4 Å². The van der Waals surface area contributed by atoms with Gasteiger partial charge in [0.1, 0.15) is 11.5 Å². The molecule has 0 saturated heterocycles. The summed E-state index contributed by atoms with van der Waals surface area (Å²) in [6.45, 7) is 0. The number of fused-ring (bicyclic) bond motifs is 13. The zero-order valence-electron chi connectivity index (χ0n) is 37.6. The van der Waals surface area contributed by atoms with Crippen LogP contribution in [0.4, 0.5) is 0 Å². The highest BCUT2D eigenvalue weighted by molar-refractivity contribution is 5.99. The summed E-state index contributed by atoms with van der Waals surface area (Å²) in [4.78, 5) is 11.8. The highest BCUT2D eigenvalue weighted by Crippen LogP contribution is 2.80. The maximum atomic E-state index is 6.71. The number of hydrogen-bond donors (Lipinski definition) is 0. The Balaban J connectivity index is 0.888. The zero-order valence-corrected chi connectivity index (χ0v) is 37.6. The van der Waals surface area contributed by atoms with Crippen molar-refractivity contribution in [3.05, 3.63) is 179 Å². The molecule has 0 amide bonds. The Morgan fingerprint density at radius 1 is 0.409 bits per heavy atom. The summed E-state index contributed by atoms with van der Waals surface area (Å²) in [5.74, 6) is 8.21. The number of ether oxygens (including phenoxy) is 1. The molecule has 9 aliphatic carbocycles. The molecule has 7 aromatic rings. The van der Waals surface area contributed by atoms with Crippen molar-refractivity contribution < 1.29 is 4.74 Å². The molecule has 66 heavy (non-hydrogen) atoms. The summed E-state index contributed by atoms with van der Waals surface area (Å²) >= 11 is 0. The predicted molar refractivity (Wildman–Crippen MR) is 260 cm³/mol. The van der Waals surface area contributed by atoms with Crippen LogP contribution in [-0.4, -0.2) is 9.97 Å². The summed E-state index contributed by atoms with van der Waals surface area (Å²) in [6, 6.07) is 55.0. The zero-order chi connectivity index (χ0) is 42.8. The standard InChI is InChI=1S/C63H54N2O/c1-2-13-45(43(12-1)44-16-11-21-52-57(44)47-15-4-6-18-49(47)63(52)50-19-7-9-22-54(50)66-55-23-10-8-20-51(55)63)58-64-53(28-56(65-58)60-30-38-25-40-27-42(34-60)62(40,32-38)36-60)46-14-3-5-17-48(46)59-29-37-24-39-26-41(33-59)61(39,31-37)35-59/h1-23,28,37-42H,24-27,29-36H2/t37-,38-,39?,40+,41?,42?,59?,60?,61+,62+/m1/s1. The summed E-state index contributed by atoms with van der Waals surface area (Å²) in [5.41, 5.74) is 17.8. The number of rotatable bonds is 5. The summed E-state index contributed by atoms with van der Waals surface area (Å²) in [5, 5.41) is 0. The van der Waals surface area contributed by atoms with Crippen molar-refractivity contribution in [2.75, 3.05) is 0 Å². The van der Waals surface area contributed by atoms with Crippen LogP contribution in [0.1, 0.15) is 111 Å². The number of benzene rings is 6. The van der Waals surface area contributed by atoms with Gasteiger partial charge < -0.3 is 4.74 Å². The highest BCUT2D eigenvalue weighted by Gasteiger charge is 2.72. The van der Waals surface area contributed by atoms with Crippen molar-refractivity contribution in [1.82, 2.24) is 9.97 Å². The fourth-order valence-corrected chi connectivity index (χ4v) is 19.5. The van der Waals surface area contributed by atoms with Gasteiger partial charge in [-0.25, -0.2) is 9.97 Å². The number of para-hydroxylation sites is 2. The van der Waals surface area contributed by atoms with Crippen LogP contribution in [-0.2, 0) is 16.2 Å². The van der Waals surface area contributed by atoms with E-state index in [1.165, 1.54) is 139 Å². The maximum Gasteiger partial charge on any atom is 0.160 e. The van der Waals surface area contributed by atoms with Gasteiger partial charge >= 0.3 is 0 Å². The molecular formula is C63H54N2O. The molecule has 6 bridgehead atoms. The van der Waals surface area contributed by atoms with E-state index < -0.39 is 5.41 Å². The molecule has 3 heteroatoms. The smallest absolute Gasteiger partial charge is 0.160 e. The highest BCUT2D eigenvalue weighted by atomic mass is 16.5. The average molecular weight is 855 g/mol. The van der Waals surface area contributed by atoms with Crippen molar-refractivity contribution in [2.24, 2.45) is 46.3 Å². The fraction of sp³-hybridized carbons (Fsp3) is 0.365. The monoisotopic (exact) mass is 854 g/mol. The Kier molecular flexibility index (Phi) is 6.61. The summed E-state index contributed by atoms with van der Waals surface area (Å²) in [7, 11) is 0.